The molecule has 2 rings (SSSR count). The predicted molar refractivity (Wildman–Crippen MR) is 67.4 cm³/mol. The van der Waals surface area contributed by atoms with Crippen molar-refractivity contribution in [3.05, 3.63) is 29.8 Å². The highest BCUT2D eigenvalue weighted by Gasteiger charge is 2.31. The summed E-state index contributed by atoms with van der Waals surface area (Å²) in [5, 5.41) is 0. The lowest BCUT2D eigenvalue weighted by atomic mass is 10.1. The van der Waals surface area contributed by atoms with E-state index in [1.807, 2.05) is 38.1 Å². The zero-order valence-electron chi connectivity index (χ0n) is 10.7. The molecule has 1 aromatic carbocycles. The Bertz CT molecular complexity index is 470. The number of amides is 1. The fourth-order valence-electron chi connectivity index (χ4n) is 2.17. The van der Waals surface area contributed by atoms with E-state index in [0.29, 0.717) is 6.61 Å². The van der Waals surface area contributed by atoms with Crippen LogP contribution in [0.1, 0.15) is 31.9 Å². The standard InChI is InChI=1S/C14H17NO3/c1-3-18-13-6-4-5-11(7-13)10(2)15-9-12(16)8-14(15)17/h4-7,10H,3,8-9H2,1-2H3. The highest BCUT2D eigenvalue weighted by molar-refractivity contribution is 6.05. The van der Waals surface area contributed by atoms with Crippen LogP contribution in [0.2, 0.25) is 0 Å². The molecule has 1 atom stereocenters. The van der Waals surface area contributed by atoms with Crippen molar-refractivity contribution in [2.24, 2.45) is 0 Å². The summed E-state index contributed by atoms with van der Waals surface area (Å²) in [4.78, 5) is 24.6. The van der Waals surface area contributed by atoms with Crippen LogP contribution in [0, 0.1) is 0 Å². The predicted octanol–water partition coefficient (Wildman–Crippen LogP) is 1.95. The smallest absolute Gasteiger partial charge is 0.230 e. The second-order valence-corrected chi connectivity index (χ2v) is 4.42. The quantitative estimate of drug-likeness (QED) is 0.764. The van der Waals surface area contributed by atoms with E-state index in [0.717, 1.165) is 11.3 Å². The highest BCUT2D eigenvalue weighted by atomic mass is 16.5. The van der Waals surface area contributed by atoms with Gasteiger partial charge in [0.05, 0.1) is 25.6 Å². The van der Waals surface area contributed by atoms with Crippen LogP contribution in [0.15, 0.2) is 24.3 Å². The van der Waals surface area contributed by atoms with Gasteiger partial charge in [0.1, 0.15) is 5.75 Å². The SMILES string of the molecule is CCOc1cccc(C(C)N2CC(=O)CC2=O)c1. The maximum Gasteiger partial charge on any atom is 0.230 e. The second-order valence-electron chi connectivity index (χ2n) is 4.42. The summed E-state index contributed by atoms with van der Waals surface area (Å²) in [7, 11) is 0. The van der Waals surface area contributed by atoms with Gasteiger partial charge in [-0.15, -0.1) is 0 Å². The molecule has 0 radical (unpaired) electrons. The van der Waals surface area contributed by atoms with Gasteiger partial charge in [-0.3, -0.25) is 9.59 Å². The lowest BCUT2D eigenvalue weighted by Gasteiger charge is -2.24. The van der Waals surface area contributed by atoms with Gasteiger partial charge in [0, 0.05) is 0 Å². The summed E-state index contributed by atoms with van der Waals surface area (Å²) in [6, 6.07) is 7.56. The Kier molecular flexibility index (Phi) is 3.65. The van der Waals surface area contributed by atoms with Crippen molar-refractivity contribution >= 4 is 11.7 Å². The Labute approximate surface area is 107 Å². The average molecular weight is 247 g/mol. The first kappa shape index (κ1) is 12.6. The number of carbonyl (C=O) groups is 2. The molecule has 4 heteroatoms. The molecule has 1 aliphatic rings. The molecule has 1 fully saturated rings. The molecule has 1 saturated heterocycles. The largest absolute Gasteiger partial charge is 0.494 e. The van der Waals surface area contributed by atoms with E-state index in [2.05, 4.69) is 0 Å². The Morgan fingerprint density at radius 1 is 1.39 bits per heavy atom. The number of likely N-dealkylation sites (tertiary alicyclic amines) is 1. The number of rotatable bonds is 4. The summed E-state index contributed by atoms with van der Waals surface area (Å²) in [6.45, 7) is 4.69. The van der Waals surface area contributed by atoms with Gasteiger partial charge in [-0.2, -0.15) is 0 Å². The van der Waals surface area contributed by atoms with Gasteiger partial charge < -0.3 is 9.64 Å². The number of nitrogens with zero attached hydrogens (tertiary/aromatic N) is 1. The van der Waals surface area contributed by atoms with Gasteiger partial charge in [0.25, 0.3) is 0 Å². The molecule has 18 heavy (non-hydrogen) atoms. The van der Waals surface area contributed by atoms with Gasteiger partial charge in [-0.05, 0) is 31.5 Å². The molecule has 1 aliphatic heterocycles. The van der Waals surface area contributed by atoms with Crippen LogP contribution >= 0.6 is 0 Å². The lowest BCUT2D eigenvalue weighted by molar-refractivity contribution is -0.129. The van der Waals surface area contributed by atoms with E-state index in [1.54, 1.807) is 4.90 Å². The third kappa shape index (κ3) is 2.53. The average Bonchev–Trinajstić information content (AvgIpc) is 2.68. The molecule has 1 heterocycles. The monoisotopic (exact) mass is 247 g/mol. The third-order valence-electron chi connectivity index (χ3n) is 3.13. The van der Waals surface area contributed by atoms with Crippen LogP contribution in [-0.2, 0) is 9.59 Å². The Balaban J connectivity index is 2.17. The molecule has 1 unspecified atom stereocenters. The Morgan fingerprint density at radius 2 is 2.17 bits per heavy atom. The molecule has 0 bridgehead atoms. The number of ether oxygens (including phenoxy) is 1. The molecule has 1 aromatic rings. The van der Waals surface area contributed by atoms with Crippen LogP contribution in [0.3, 0.4) is 0 Å². The fourth-order valence-corrected chi connectivity index (χ4v) is 2.17. The van der Waals surface area contributed by atoms with Gasteiger partial charge in [0.15, 0.2) is 5.78 Å². The van der Waals surface area contributed by atoms with E-state index < -0.39 is 0 Å². The van der Waals surface area contributed by atoms with Crippen molar-refractivity contribution in [2.75, 3.05) is 13.2 Å². The first-order chi connectivity index (χ1) is 8.61. The minimum absolute atomic E-state index is 0.00665. The number of hydrogen-bond donors (Lipinski definition) is 0. The van der Waals surface area contributed by atoms with Crippen molar-refractivity contribution in [1.82, 2.24) is 4.90 Å². The van der Waals surface area contributed by atoms with Crippen molar-refractivity contribution in [3.8, 4) is 5.75 Å². The maximum absolute atomic E-state index is 11.7. The van der Waals surface area contributed by atoms with E-state index in [-0.39, 0.29) is 30.7 Å². The minimum atomic E-state index is -0.0932. The van der Waals surface area contributed by atoms with Crippen molar-refractivity contribution in [3.63, 3.8) is 0 Å². The molecule has 0 aromatic heterocycles. The summed E-state index contributed by atoms with van der Waals surface area (Å²) >= 11 is 0. The second kappa shape index (κ2) is 5.21. The molecule has 0 aliphatic carbocycles. The van der Waals surface area contributed by atoms with E-state index in [1.165, 1.54) is 0 Å². The molecule has 1 amide bonds. The van der Waals surface area contributed by atoms with Crippen LogP contribution < -0.4 is 4.74 Å². The first-order valence-corrected chi connectivity index (χ1v) is 6.15. The van der Waals surface area contributed by atoms with Gasteiger partial charge in [-0.25, -0.2) is 0 Å². The topological polar surface area (TPSA) is 46.6 Å². The summed E-state index contributed by atoms with van der Waals surface area (Å²) < 4.78 is 5.44. The van der Waals surface area contributed by atoms with E-state index >= 15 is 0 Å². The Morgan fingerprint density at radius 3 is 2.78 bits per heavy atom. The van der Waals surface area contributed by atoms with Crippen molar-refractivity contribution < 1.29 is 14.3 Å². The number of hydrogen-bond acceptors (Lipinski definition) is 3. The van der Waals surface area contributed by atoms with Crippen LogP contribution in [-0.4, -0.2) is 29.7 Å². The summed E-state index contributed by atoms with van der Waals surface area (Å²) in [6.07, 6.45) is 0.0372. The lowest BCUT2D eigenvalue weighted by Crippen LogP contribution is -2.28. The molecular weight excluding hydrogens is 230 g/mol. The molecule has 0 spiro atoms. The van der Waals surface area contributed by atoms with Crippen LogP contribution in [0.5, 0.6) is 5.75 Å². The summed E-state index contributed by atoms with van der Waals surface area (Å²) in [5.41, 5.74) is 0.990. The minimum Gasteiger partial charge on any atom is -0.494 e. The summed E-state index contributed by atoms with van der Waals surface area (Å²) in [5.74, 6) is 0.696. The van der Waals surface area contributed by atoms with Crippen molar-refractivity contribution in [1.29, 1.82) is 0 Å². The molecule has 0 N–H and O–H groups in total. The van der Waals surface area contributed by atoms with Gasteiger partial charge in [-0.1, -0.05) is 12.1 Å². The van der Waals surface area contributed by atoms with Crippen molar-refractivity contribution in [2.45, 2.75) is 26.3 Å². The molecule has 0 saturated carbocycles. The molecular formula is C14H17NO3. The normalized spacial score (nSPS) is 17.1. The first-order valence-electron chi connectivity index (χ1n) is 6.15. The number of carbonyl (C=O) groups excluding carboxylic acids is 2. The number of ketones is 1. The zero-order valence-corrected chi connectivity index (χ0v) is 10.7. The Hall–Kier alpha value is -1.84. The van der Waals surface area contributed by atoms with E-state index in [4.69, 9.17) is 4.74 Å². The fraction of sp³-hybridized carbons (Fsp3) is 0.429. The van der Waals surface area contributed by atoms with Gasteiger partial charge >= 0.3 is 0 Å². The molecule has 96 valence electrons. The maximum atomic E-state index is 11.7. The number of Topliss-reactive ketones (excluding diaryl/α,β-unsaturated/α-hetero) is 1. The third-order valence-corrected chi connectivity index (χ3v) is 3.13. The van der Waals surface area contributed by atoms with Gasteiger partial charge in [0.2, 0.25) is 5.91 Å². The van der Waals surface area contributed by atoms with Crippen LogP contribution in [0.4, 0.5) is 0 Å². The van der Waals surface area contributed by atoms with E-state index in [9.17, 15) is 9.59 Å². The number of benzene rings is 1. The van der Waals surface area contributed by atoms with Crippen LogP contribution in [0.25, 0.3) is 0 Å². The zero-order chi connectivity index (χ0) is 13.1. The molecule has 4 nitrogen and oxygen atoms in total. The highest BCUT2D eigenvalue weighted by Crippen LogP contribution is 2.26.